The lowest BCUT2D eigenvalue weighted by Crippen LogP contribution is -1.70. The molecule has 0 aliphatic carbocycles. The molecule has 8 heavy (non-hydrogen) atoms. The highest BCUT2D eigenvalue weighted by Gasteiger charge is 1.56. The minimum atomic E-state index is 1.44. The highest BCUT2D eigenvalue weighted by molar-refractivity contribution is 6.50. The van der Waals surface area contributed by atoms with Gasteiger partial charge in [0, 0.05) is 7.05 Å². The van der Waals surface area contributed by atoms with Crippen LogP contribution in [0, 0.1) is 0 Å². The monoisotopic (exact) mass is 109 g/mol. The average molecular weight is 109 g/mol. The highest BCUT2D eigenvalue weighted by Crippen LogP contribution is 1.57. The van der Waals surface area contributed by atoms with E-state index in [-0.39, 0.29) is 0 Å². The van der Waals surface area contributed by atoms with Crippen LogP contribution in [0.2, 0.25) is 0 Å². The summed E-state index contributed by atoms with van der Waals surface area (Å²) in [6.07, 6.45) is 4.53. The van der Waals surface area contributed by atoms with Crippen LogP contribution >= 0.6 is 0 Å². The molecule has 42 valence electrons. The van der Waals surface area contributed by atoms with Crippen molar-refractivity contribution in [1.82, 2.24) is 0 Å². The molecule has 0 rings (SSSR count). The molecular weight excluding hydrogens is 101 g/mol. The molecule has 0 fully saturated rings. The quantitative estimate of drug-likeness (QED) is 0.256. The summed E-state index contributed by atoms with van der Waals surface area (Å²) < 4.78 is 0. The molecular formula is C4H8BN3. The Kier molecular flexibility index (Phi) is 5.37. The number of hydrogen-bond acceptors (Lipinski definition) is 1. The number of hydrogen-bond donors (Lipinski definition) is 0. The van der Waals surface area contributed by atoms with E-state index in [1.807, 2.05) is 7.85 Å². The zero-order chi connectivity index (χ0) is 6.24. The normalized spacial score (nSPS) is 12.6. The van der Waals surface area contributed by atoms with Gasteiger partial charge in [0.25, 0.3) is 0 Å². The van der Waals surface area contributed by atoms with Crippen LogP contribution in [0.5, 0.6) is 0 Å². The molecule has 0 atom stereocenters. The topological polar surface area (TPSA) is 37.1 Å². The summed E-state index contributed by atoms with van der Waals surface area (Å²) in [7, 11) is 3.49. The maximum atomic E-state index is 3.70. The summed E-state index contributed by atoms with van der Waals surface area (Å²) in [6.45, 7) is 0. The fourth-order valence-electron chi connectivity index (χ4n) is 0.202. The maximum absolute atomic E-state index is 3.70. The Labute approximate surface area is 49.7 Å². The lowest BCUT2D eigenvalue weighted by Gasteiger charge is -1.69. The SMILES string of the molecule is B/C=N/C=N\C=N/C. The van der Waals surface area contributed by atoms with Crippen molar-refractivity contribution < 1.29 is 0 Å². The predicted molar refractivity (Wildman–Crippen MR) is 39.9 cm³/mol. The molecule has 0 aliphatic rings. The Morgan fingerprint density at radius 2 is 2.00 bits per heavy atom. The second kappa shape index (κ2) is 6.07. The van der Waals surface area contributed by atoms with Crippen molar-refractivity contribution in [3.05, 3.63) is 0 Å². The van der Waals surface area contributed by atoms with Gasteiger partial charge < -0.3 is 0 Å². The Morgan fingerprint density at radius 3 is 2.50 bits per heavy atom. The molecule has 0 unspecified atom stereocenters. The average Bonchev–Trinajstić information content (AvgIpc) is 1.81. The Bertz CT molecular complexity index is 102. The molecule has 0 aromatic heterocycles. The lowest BCUT2D eigenvalue weighted by molar-refractivity contribution is 1.44. The van der Waals surface area contributed by atoms with E-state index in [2.05, 4.69) is 15.0 Å². The second-order valence-electron chi connectivity index (χ2n) is 1.05. The largest absolute Gasteiger partial charge is 0.277 e. The first-order valence-electron chi connectivity index (χ1n) is 2.32. The van der Waals surface area contributed by atoms with E-state index >= 15 is 0 Å². The molecule has 0 N–H and O–H groups in total. The van der Waals surface area contributed by atoms with Crippen molar-refractivity contribution in [1.29, 1.82) is 0 Å². The summed E-state index contributed by atoms with van der Waals surface area (Å²) in [5.74, 6) is 0. The third-order valence-corrected chi connectivity index (χ3v) is 0.465. The third-order valence-electron chi connectivity index (χ3n) is 0.465. The first-order valence-corrected chi connectivity index (χ1v) is 2.32. The molecule has 0 bridgehead atoms. The van der Waals surface area contributed by atoms with E-state index in [9.17, 15) is 0 Å². The van der Waals surface area contributed by atoms with Gasteiger partial charge in [0.1, 0.15) is 12.7 Å². The van der Waals surface area contributed by atoms with Crippen molar-refractivity contribution in [2.24, 2.45) is 15.0 Å². The Balaban J connectivity index is 3.35. The van der Waals surface area contributed by atoms with Crippen LogP contribution < -0.4 is 0 Å². The van der Waals surface area contributed by atoms with Gasteiger partial charge in [-0.2, -0.15) is 0 Å². The van der Waals surface area contributed by atoms with Crippen LogP contribution in [-0.2, 0) is 0 Å². The lowest BCUT2D eigenvalue weighted by atomic mass is 10.2. The molecule has 4 heteroatoms. The van der Waals surface area contributed by atoms with Gasteiger partial charge in [-0.1, -0.05) is 0 Å². The van der Waals surface area contributed by atoms with Crippen LogP contribution in [-0.4, -0.2) is 33.7 Å². The summed E-state index contributed by atoms with van der Waals surface area (Å²) in [5.41, 5.74) is 0. The van der Waals surface area contributed by atoms with Crippen molar-refractivity contribution in [3.8, 4) is 0 Å². The highest BCUT2D eigenvalue weighted by atomic mass is 14.9. The van der Waals surface area contributed by atoms with E-state index in [0.717, 1.165) is 0 Å². The predicted octanol–water partition coefficient (Wildman–Crippen LogP) is -0.666. The minimum Gasteiger partial charge on any atom is -0.277 e. The van der Waals surface area contributed by atoms with E-state index in [1.165, 1.54) is 12.7 Å². The molecule has 0 saturated carbocycles. The molecule has 0 aromatic carbocycles. The van der Waals surface area contributed by atoms with Crippen molar-refractivity contribution in [2.45, 2.75) is 0 Å². The van der Waals surface area contributed by atoms with Gasteiger partial charge in [0.2, 0.25) is 0 Å². The fraction of sp³-hybridized carbons (Fsp3) is 0.250. The van der Waals surface area contributed by atoms with Gasteiger partial charge in [0.15, 0.2) is 7.85 Å². The first kappa shape index (κ1) is 7.07. The first-order chi connectivity index (χ1) is 3.91. The van der Waals surface area contributed by atoms with Crippen LogP contribution in [0.1, 0.15) is 0 Å². The summed E-state index contributed by atoms with van der Waals surface area (Å²) in [6, 6.07) is 0. The third kappa shape index (κ3) is 5.07. The van der Waals surface area contributed by atoms with Gasteiger partial charge in [0.05, 0.1) is 0 Å². The standard InChI is InChI=1S/C4H8BN3/c1-6-3-8-4-7-2-5/h2-4H,5H2,1H3/b6-3-,7-2+,8-4-. The van der Waals surface area contributed by atoms with Crippen molar-refractivity contribution in [3.63, 3.8) is 0 Å². The van der Waals surface area contributed by atoms with Gasteiger partial charge in [-0.15, -0.1) is 0 Å². The van der Waals surface area contributed by atoms with Crippen molar-refractivity contribution in [2.75, 3.05) is 7.05 Å². The minimum absolute atomic E-state index is 1.44. The molecule has 0 aliphatic heterocycles. The van der Waals surface area contributed by atoms with E-state index in [1.54, 1.807) is 13.2 Å². The van der Waals surface area contributed by atoms with Crippen LogP contribution in [0.4, 0.5) is 0 Å². The molecule has 0 spiro atoms. The number of nitrogens with zero attached hydrogens (tertiary/aromatic N) is 3. The molecule has 0 amide bonds. The number of aliphatic imine (C=N–C) groups is 3. The number of rotatable bonds is 2. The van der Waals surface area contributed by atoms with Gasteiger partial charge >= 0.3 is 0 Å². The van der Waals surface area contributed by atoms with E-state index in [0.29, 0.717) is 0 Å². The molecule has 3 nitrogen and oxygen atoms in total. The zero-order valence-electron chi connectivity index (χ0n) is 5.07. The van der Waals surface area contributed by atoms with Gasteiger partial charge in [-0.3, -0.25) is 9.98 Å². The van der Waals surface area contributed by atoms with Crippen LogP contribution in [0.3, 0.4) is 0 Å². The zero-order valence-corrected chi connectivity index (χ0v) is 5.07. The smallest absolute Gasteiger partial charge is 0.154 e. The van der Waals surface area contributed by atoms with Crippen LogP contribution in [0.15, 0.2) is 15.0 Å². The Hall–Kier alpha value is -0.925. The second-order valence-corrected chi connectivity index (χ2v) is 1.05. The van der Waals surface area contributed by atoms with Crippen molar-refractivity contribution >= 4 is 26.6 Å². The molecule has 0 aromatic rings. The summed E-state index contributed by atoms with van der Waals surface area (Å²) >= 11 is 0. The van der Waals surface area contributed by atoms with E-state index < -0.39 is 0 Å². The Morgan fingerprint density at radius 1 is 1.25 bits per heavy atom. The fourth-order valence-corrected chi connectivity index (χ4v) is 0.202. The molecule has 0 saturated heterocycles. The summed E-state index contributed by atoms with van der Waals surface area (Å²) in [4.78, 5) is 11.0. The van der Waals surface area contributed by atoms with Crippen LogP contribution in [0.25, 0.3) is 0 Å². The maximum Gasteiger partial charge on any atom is 0.154 e. The molecule has 0 heterocycles. The summed E-state index contributed by atoms with van der Waals surface area (Å²) in [5, 5.41) is 0. The molecule has 0 radical (unpaired) electrons. The van der Waals surface area contributed by atoms with Gasteiger partial charge in [-0.05, 0) is 6.11 Å². The van der Waals surface area contributed by atoms with Gasteiger partial charge in [-0.25, -0.2) is 4.99 Å². The van der Waals surface area contributed by atoms with E-state index in [4.69, 9.17) is 0 Å².